The van der Waals surface area contributed by atoms with Crippen molar-refractivity contribution in [2.45, 2.75) is 32.9 Å². The zero-order chi connectivity index (χ0) is 13.5. The molecule has 1 rings (SSSR count). The Morgan fingerprint density at radius 2 is 2.17 bits per heavy atom. The van der Waals surface area contributed by atoms with Crippen LogP contribution in [-0.4, -0.2) is 15.9 Å². The lowest BCUT2D eigenvalue weighted by atomic mass is 10.1. The van der Waals surface area contributed by atoms with Gasteiger partial charge in [0, 0.05) is 18.4 Å². The summed E-state index contributed by atoms with van der Waals surface area (Å²) in [7, 11) is 0. The average Bonchev–Trinajstić information content (AvgIpc) is 2.28. The highest BCUT2D eigenvalue weighted by molar-refractivity contribution is 5.14. The summed E-state index contributed by atoms with van der Waals surface area (Å²) < 4.78 is 0. The molecule has 0 amide bonds. The summed E-state index contributed by atoms with van der Waals surface area (Å²) in [5, 5.41) is 16.6. The number of aromatic nitrogens is 1. The molecule has 0 saturated heterocycles. The molecule has 0 radical (unpaired) electrons. The molecule has 1 atom stereocenters. The van der Waals surface area contributed by atoms with Gasteiger partial charge in [0.15, 0.2) is 5.82 Å². The third-order valence-corrected chi connectivity index (χ3v) is 2.24. The van der Waals surface area contributed by atoms with E-state index in [1.807, 2.05) is 32.9 Å². The minimum Gasteiger partial charge on any atom is -0.365 e. The zero-order valence-electron chi connectivity index (χ0n) is 10.8. The van der Waals surface area contributed by atoms with Gasteiger partial charge in [0.05, 0.1) is 11.0 Å². The van der Waals surface area contributed by atoms with Crippen molar-refractivity contribution >= 4 is 0 Å². The molecule has 0 spiro atoms. The fraction of sp³-hybridized carbons (Fsp3) is 0.417. The number of hydrogen-bond donors (Lipinski definition) is 2. The maximum absolute atomic E-state index is 10.5. The van der Waals surface area contributed by atoms with E-state index in [2.05, 4.69) is 15.6 Å². The Kier molecular flexibility index (Phi) is 5.10. The molecule has 2 N–H and O–H groups in total. The SMILES string of the molecule is CC(C)N/C(=C/[N+](=O)[O-])NC(C)c1cccnc1. The van der Waals surface area contributed by atoms with Crippen molar-refractivity contribution in [1.82, 2.24) is 15.6 Å². The number of nitrogens with zero attached hydrogens (tertiary/aromatic N) is 2. The second-order valence-corrected chi connectivity index (χ2v) is 4.28. The van der Waals surface area contributed by atoms with Crippen LogP contribution in [0.15, 0.2) is 36.5 Å². The fourth-order valence-corrected chi connectivity index (χ4v) is 1.48. The standard InChI is InChI=1S/C12H18N4O2/c1-9(2)14-12(8-16(17)18)15-10(3)11-5-4-6-13-7-11/h4-10,14-15H,1-3H3/b12-8-. The number of pyridine rings is 1. The van der Waals surface area contributed by atoms with E-state index in [0.29, 0.717) is 5.82 Å². The molecule has 0 saturated carbocycles. The smallest absolute Gasteiger partial charge is 0.274 e. The molecule has 0 aliphatic rings. The van der Waals surface area contributed by atoms with Gasteiger partial charge >= 0.3 is 0 Å². The normalized spacial score (nSPS) is 13.2. The zero-order valence-corrected chi connectivity index (χ0v) is 10.8. The lowest BCUT2D eigenvalue weighted by Crippen LogP contribution is -2.33. The van der Waals surface area contributed by atoms with E-state index >= 15 is 0 Å². The first-order valence-corrected chi connectivity index (χ1v) is 5.77. The lowest BCUT2D eigenvalue weighted by Gasteiger charge is -2.19. The predicted octanol–water partition coefficient (Wildman–Crippen LogP) is 1.81. The first-order valence-electron chi connectivity index (χ1n) is 5.77. The molecule has 0 fully saturated rings. The topological polar surface area (TPSA) is 80.1 Å². The largest absolute Gasteiger partial charge is 0.365 e. The molecule has 1 heterocycles. The molecular formula is C12H18N4O2. The summed E-state index contributed by atoms with van der Waals surface area (Å²) in [6, 6.07) is 3.81. The van der Waals surface area contributed by atoms with Crippen LogP contribution in [0.1, 0.15) is 32.4 Å². The van der Waals surface area contributed by atoms with Crippen LogP contribution < -0.4 is 10.6 Å². The van der Waals surface area contributed by atoms with Crippen LogP contribution in [0.4, 0.5) is 0 Å². The Balaban J connectivity index is 2.75. The first-order chi connectivity index (χ1) is 8.49. The Morgan fingerprint density at radius 3 is 2.67 bits per heavy atom. The van der Waals surface area contributed by atoms with Crippen LogP contribution in [0.3, 0.4) is 0 Å². The van der Waals surface area contributed by atoms with Gasteiger partial charge in [0.1, 0.15) is 0 Å². The predicted molar refractivity (Wildman–Crippen MR) is 69.1 cm³/mol. The molecule has 0 aromatic carbocycles. The van der Waals surface area contributed by atoms with E-state index in [1.165, 1.54) is 0 Å². The van der Waals surface area contributed by atoms with Gasteiger partial charge in [-0.05, 0) is 32.4 Å². The summed E-state index contributed by atoms with van der Waals surface area (Å²) in [4.78, 5) is 14.1. The molecular weight excluding hydrogens is 232 g/mol. The fourth-order valence-electron chi connectivity index (χ4n) is 1.48. The van der Waals surface area contributed by atoms with Crippen molar-refractivity contribution < 1.29 is 4.92 Å². The van der Waals surface area contributed by atoms with Gasteiger partial charge in [-0.2, -0.15) is 0 Å². The van der Waals surface area contributed by atoms with Crippen molar-refractivity contribution in [2.24, 2.45) is 0 Å². The van der Waals surface area contributed by atoms with E-state index in [9.17, 15) is 10.1 Å². The van der Waals surface area contributed by atoms with Crippen LogP contribution in [-0.2, 0) is 0 Å². The summed E-state index contributed by atoms with van der Waals surface area (Å²) in [6.07, 6.45) is 4.36. The number of nitrogens with one attached hydrogen (secondary N) is 2. The number of nitro groups is 1. The monoisotopic (exact) mass is 250 g/mol. The van der Waals surface area contributed by atoms with Crippen LogP contribution in [0.25, 0.3) is 0 Å². The maximum atomic E-state index is 10.5. The Bertz CT molecular complexity index is 417. The summed E-state index contributed by atoms with van der Waals surface area (Å²) in [5.74, 6) is 0.395. The molecule has 1 unspecified atom stereocenters. The van der Waals surface area contributed by atoms with E-state index in [4.69, 9.17) is 0 Å². The van der Waals surface area contributed by atoms with Crippen molar-refractivity contribution in [3.63, 3.8) is 0 Å². The Morgan fingerprint density at radius 1 is 1.44 bits per heavy atom. The molecule has 1 aromatic rings. The van der Waals surface area contributed by atoms with Gasteiger partial charge in [-0.1, -0.05) is 6.07 Å². The van der Waals surface area contributed by atoms with Crippen molar-refractivity contribution in [3.05, 3.63) is 52.2 Å². The van der Waals surface area contributed by atoms with Crippen molar-refractivity contribution in [3.8, 4) is 0 Å². The highest BCUT2D eigenvalue weighted by atomic mass is 16.6. The van der Waals surface area contributed by atoms with E-state index in [0.717, 1.165) is 11.8 Å². The molecule has 98 valence electrons. The highest BCUT2D eigenvalue weighted by Crippen LogP contribution is 2.11. The van der Waals surface area contributed by atoms with Gasteiger partial charge < -0.3 is 10.6 Å². The molecule has 1 aromatic heterocycles. The van der Waals surface area contributed by atoms with E-state index in [-0.39, 0.29) is 12.1 Å². The summed E-state index contributed by atoms with van der Waals surface area (Å²) in [5.41, 5.74) is 0.970. The Labute approximate surface area is 106 Å². The van der Waals surface area contributed by atoms with E-state index < -0.39 is 4.92 Å². The minimum absolute atomic E-state index is 0.0591. The van der Waals surface area contributed by atoms with Crippen LogP contribution in [0.5, 0.6) is 0 Å². The third-order valence-electron chi connectivity index (χ3n) is 2.24. The first kappa shape index (κ1) is 14.0. The van der Waals surface area contributed by atoms with Gasteiger partial charge in [-0.3, -0.25) is 15.1 Å². The average molecular weight is 250 g/mol. The number of hydrogen-bond acceptors (Lipinski definition) is 5. The maximum Gasteiger partial charge on any atom is 0.274 e. The van der Waals surface area contributed by atoms with Crippen LogP contribution in [0, 0.1) is 10.1 Å². The molecule has 18 heavy (non-hydrogen) atoms. The molecule has 0 aliphatic carbocycles. The molecule has 0 aliphatic heterocycles. The van der Waals surface area contributed by atoms with Gasteiger partial charge in [-0.25, -0.2) is 0 Å². The van der Waals surface area contributed by atoms with Gasteiger partial charge in [0.25, 0.3) is 6.20 Å². The summed E-state index contributed by atoms with van der Waals surface area (Å²) >= 11 is 0. The number of rotatable bonds is 6. The van der Waals surface area contributed by atoms with Crippen LogP contribution in [0.2, 0.25) is 0 Å². The van der Waals surface area contributed by atoms with Crippen LogP contribution >= 0.6 is 0 Å². The minimum atomic E-state index is -0.478. The van der Waals surface area contributed by atoms with Gasteiger partial charge in [-0.15, -0.1) is 0 Å². The quantitative estimate of drug-likeness (QED) is 0.594. The molecule has 6 nitrogen and oxygen atoms in total. The van der Waals surface area contributed by atoms with Crippen molar-refractivity contribution in [1.29, 1.82) is 0 Å². The van der Waals surface area contributed by atoms with Crippen molar-refractivity contribution in [2.75, 3.05) is 0 Å². The third kappa shape index (κ3) is 4.82. The summed E-state index contributed by atoms with van der Waals surface area (Å²) in [6.45, 7) is 5.77. The second kappa shape index (κ2) is 6.58. The molecule has 0 bridgehead atoms. The second-order valence-electron chi connectivity index (χ2n) is 4.28. The Hall–Kier alpha value is -2.11. The lowest BCUT2D eigenvalue weighted by molar-refractivity contribution is -0.404. The molecule has 6 heteroatoms. The highest BCUT2D eigenvalue weighted by Gasteiger charge is 2.10. The van der Waals surface area contributed by atoms with E-state index in [1.54, 1.807) is 12.4 Å². The van der Waals surface area contributed by atoms with Gasteiger partial charge in [0.2, 0.25) is 0 Å².